The topological polar surface area (TPSA) is 114 Å². The van der Waals surface area contributed by atoms with Crippen LogP contribution in [0.4, 0.5) is 4.79 Å². The molecule has 0 heterocycles. The van der Waals surface area contributed by atoms with E-state index in [1.165, 1.54) is 5.43 Å². The zero-order chi connectivity index (χ0) is 9.56. The Hall–Kier alpha value is -1.15. The summed E-state index contributed by atoms with van der Waals surface area (Å²) in [5, 5.41) is 3.82. The van der Waals surface area contributed by atoms with E-state index in [1.807, 2.05) is 5.29 Å². The van der Waals surface area contributed by atoms with Gasteiger partial charge >= 0.3 is 6.03 Å². The van der Waals surface area contributed by atoms with Crippen LogP contribution in [0.1, 0.15) is 0 Å². The highest BCUT2D eigenvalue weighted by Gasteiger charge is 2.13. The van der Waals surface area contributed by atoms with Crippen molar-refractivity contribution in [2.45, 2.75) is 6.04 Å². The molecule has 0 unspecified atom stereocenters. The van der Waals surface area contributed by atoms with Crippen molar-refractivity contribution < 1.29 is 9.59 Å². The third-order valence-electron chi connectivity index (χ3n) is 0.917. The van der Waals surface area contributed by atoms with Gasteiger partial charge in [0, 0.05) is 5.75 Å². The third-order valence-corrected chi connectivity index (χ3v) is 1.31. The molecule has 1 atom stereocenters. The van der Waals surface area contributed by atoms with Crippen molar-refractivity contribution in [2.75, 3.05) is 5.75 Å². The summed E-state index contributed by atoms with van der Waals surface area (Å²) in [6.07, 6.45) is 0. The van der Waals surface area contributed by atoms with Gasteiger partial charge in [-0.15, -0.1) is 4.91 Å². The monoisotopic (exact) mass is 192 g/mol. The van der Waals surface area contributed by atoms with E-state index in [4.69, 9.17) is 5.73 Å². The Morgan fingerprint density at radius 2 is 2.17 bits per heavy atom. The summed E-state index contributed by atoms with van der Waals surface area (Å²) in [5.74, 6) is -0.612. The average molecular weight is 192 g/mol. The fourth-order valence-electron chi connectivity index (χ4n) is 0.357. The van der Waals surface area contributed by atoms with E-state index in [0.717, 1.165) is 0 Å². The van der Waals surface area contributed by atoms with Crippen molar-refractivity contribution in [1.82, 2.24) is 10.7 Å². The van der Waals surface area contributed by atoms with E-state index in [-0.39, 0.29) is 5.75 Å². The number of imide groups is 1. The summed E-state index contributed by atoms with van der Waals surface area (Å²) in [4.78, 5) is 30.7. The van der Waals surface area contributed by atoms with Gasteiger partial charge in [0.2, 0.25) is 5.91 Å². The molecule has 0 aliphatic heterocycles. The summed E-state index contributed by atoms with van der Waals surface area (Å²) < 4.78 is 0. The Bertz CT molecular complexity index is 197. The predicted octanol–water partition coefficient (Wildman–Crippen LogP) is -1.25. The summed E-state index contributed by atoms with van der Waals surface area (Å²) in [6.45, 7) is 0. The number of thiol groups is 1. The standard InChI is InChI=1S/C4H8N4O3S/c5-2(1-12)3(9)6-4(10)7-8-11/h2,12H,1,5H2,(H2,6,7,9,10,11)/t2-/m0/s1. The molecule has 0 rings (SSSR count). The highest BCUT2D eigenvalue weighted by molar-refractivity contribution is 7.80. The van der Waals surface area contributed by atoms with Crippen molar-refractivity contribution in [3.05, 3.63) is 4.91 Å². The lowest BCUT2D eigenvalue weighted by Gasteiger charge is -2.06. The van der Waals surface area contributed by atoms with E-state index >= 15 is 0 Å². The molecule has 0 aromatic heterocycles. The van der Waals surface area contributed by atoms with Crippen LogP contribution in [0.25, 0.3) is 0 Å². The third kappa shape index (κ3) is 3.88. The van der Waals surface area contributed by atoms with Crippen molar-refractivity contribution in [1.29, 1.82) is 0 Å². The summed E-state index contributed by atoms with van der Waals surface area (Å²) in [7, 11) is 0. The fourth-order valence-corrected chi connectivity index (χ4v) is 0.523. The first-order valence-electron chi connectivity index (χ1n) is 2.91. The molecular weight excluding hydrogens is 184 g/mol. The second kappa shape index (κ2) is 5.49. The molecule has 68 valence electrons. The highest BCUT2D eigenvalue weighted by Crippen LogP contribution is 1.82. The zero-order valence-electron chi connectivity index (χ0n) is 5.98. The number of nitrogens with two attached hydrogens (primary N) is 1. The Balaban J connectivity index is 3.83. The zero-order valence-corrected chi connectivity index (χ0v) is 6.88. The van der Waals surface area contributed by atoms with Gasteiger partial charge in [0.1, 0.15) is 0 Å². The Morgan fingerprint density at radius 1 is 1.58 bits per heavy atom. The van der Waals surface area contributed by atoms with Crippen LogP contribution in [0.15, 0.2) is 5.29 Å². The fraction of sp³-hybridized carbons (Fsp3) is 0.500. The van der Waals surface area contributed by atoms with E-state index in [9.17, 15) is 14.5 Å². The van der Waals surface area contributed by atoms with Gasteiger partial charge in [-0.25, -0.2) is 4.79 Å². The molecule has 0 aliphatic carbocycles. The van der Waals surface area contributed by atoms with E-state index in [0.29, 0.717) is 0 Å². The number of nitrogens with one attached hydrogen (secondary N) is 2. The summed E-state index contributed by atoms with van der Waals surface area (Å²) in [6, 6.07) is -1.89. The normalized spacial score (nSPS) is 11.5. The maximum atomic E-state index is 10.8. The van der Waals surface area contributed by atoms with Crippen LogP contribution in [0.3, 0.4) is 0 Å². The number of hydrogen-bond donors (Lipinski definition) is 4. The number of rotatable bonds is 3. The molecule has 0 aromatic rings. The van der Waals surface area contributed by atoms with Gasteiger partial charge in [-0.1, -0.05) is 0 Å². The van der Waals surface area contributed by atoms with Gasteiger partial charge in [0.05, 0.1) is 11.3 Å². The molecule has 4 N–H and O–H groups in total. The van der Waals surface area contributed by atoms with Gasteiger partial charge in [-0.2, -0.15) is 18.1 Å². The molecule has 0 spiro atoms. The molecule has 12 heavy (non-hydrogen) atoms. The van der Waals surface area contributed by atoms with Gasteiger partial charge in [-0.05, 0) is 0 Å². The van der Waals surface area contributed by atoms with Crippen LogP contribution in [-0.4, -0.2) is 23.7 Å². The molecule has 0 radical (unpaired) electrons. The van der Waals surface area contributed by atoms with Gasteiger partial charge in [-0.3, -0.25) is 10.1 Å². The Kier molecular flexibility index (Phi) is 4.97. The van der Waals surface area contributed by atoms with Gasteiger partial charge < -0.3 is 5.73 Å². The number of amides is 3. The Morgan fingerprint density at radius 3 is 2.58 bits per heavy atom. The smallest absolute Gasteiger partial charge is 0.319 e. The Labute approximate surface area is 73.4 Å². The molecule has 0 saturated heterocycles. The largest absolute Gasteiger partial charge is 0.344 e. The first kappa shape index (κ1) is 10.8. The first-order chi connectivity index (χ1) is 5.61. The molecule has 0 bridgehead atoms. The van der Waals surface area contributed by atoms with Crippen molar-refractivity contribution in [3.8, 4) is 0 Å². The lowest BCUT2D eigenvalue weighted by atomic mass is 10.3. The SMILES string of the molecule is N[C@@H](CS)C(=O)NC(=O)NN=O. The second-order valence-corrected chi connectivity index (χ2v) is 2.18. The number of carbonyl (C=O) groups is 2. The molecule has 0 saturated carbocycles. The number of hydrogen-bond acceptors (Lipinski definition) is 6. The van der Waals surface area contributed by atoms with Crippen LogP contribution in [0.2, 0.25) is 0 Å². The molecule has 0 aromatic carbocycles. The maximum Gasteiger partial charge on any atom is 0.344 e. The van der Waals surface area contributed by atoms with E-state index < -0.39 is 18.0 Å². The number of nitroso groups, excluding NO2 is 1. The van der Waals surface area contributed by atoms with Crippen LogP contribution < -0.4 is 16.5 Å². The number of carbonyl (C=O) groups excluding carboxylic acids is 2. The minimum Gasteiger partial charge on any atom is -0.319 e. The lowest BCUT2D eigenvalue weighted by Crippen LogP contribution is -2.47. The average Bonchev–Trinajstić information content (AvgIpc) is 2.03. The quantitative estimate of drug-likeness (QED) is 0.254. The first-order valence-corrected chi connectivity index (χ1v) is 3.54. The predicted molar refractivity (Wildman–Crippen MR) is 44.3 cm³/mol. The van der Waals surface area contributed by atoms with Crippen molar-refractivity contribution in [2.24, 2.45) is 11.0 Å². The van der Waals surface area contributed by atoms with Gasteiger partial charge in [0.25, 0.3) is 0 Å². The van der Waals surface area contributed by atoms with E-state index in [2.05, 4.69) is 12.6 Å². The number of urea groups is 1. The molecule has 7 nitrogen and oxygen atoms in total. The number of nitrogens with zero attached hydrogens (tertiary/aromatic N) is 1. The van der Waals surface area contributed by atoms with Gasteiger partial charge in [0.15, 0.2) is 0 Å². The lowest BCUT2D eigenvalue weighted by molar-refractivity contribution is -0.120. The molecule has 0 aliphatic rings. The van der Waals surface area contributed by atoms with E-state index in [1.54, 1.807) is 5.32 Å². The molecule has 3 amide bonds. The molecular formula is C4H8N4O3S. The van der Waals surface area contributed by atoms with Crippen LogP contribution in [0, 0.1) is 4.91 Å². The minimum atomic E-state index is -1.01. The highest BCUT2D eigenvalue weighted by atomic mass is 32.1. The van der Waals surface area contributed by atoms with Crippen LogP contribution in [0.5, 0.6) is 0 Å². The summed E-state index contributed by atoms with van der Waals surface area (Å²) >= 11 is 3.73. The minimum absolute atomic E-state index is 0.105. The summed E-state index contributed by atoms with van der Waals surface area (Å²) in [5.41, 5.74) is 6.66. The maximum absolute atomic E-state index is 10.8. The van der Waals surface area contributed by atoms with Crippen molar-refractivity contribution >= 4 is 24.6 Å². The van der Waals surface area contributed by atoms with Crippen LogP contribution in [-0.2, 0) is 4.79 Å². The molecule has 8 heteroatoms. The second-order valence-electron chi connectivity index (χ2n) is 1.81. The van der Waals surface area contributed by atoms with Crippen LogP contribution >= 0.6 is 12.6 Å². The molecule has 0 fully saturated rings. The van der Waals surface area contributed by atoms with Crippen molar-refractivity contribution in [3.63, 3.8) is 0 Å².